The van der Waals surface area contributed by atoms with Crippen molar-refractivity contribution in [2.24, 2.45) is 0 Å². The van der Waals surface area contributed by atoms with Crippen LogP contribution >= 0.6 is 11.3 Å². The van der Waals surface area contributed by atoms with Crippen LogP contribution < -0.4 is 56.8 Å². The Morgan fingerprint density at radius 3 is 2.00 bits per heavy atom. The molecule has 0 amide bonds. The van der Waals surface area contributed by atoms with Gasteiger partial charge in [-0.05, 0) is 10.8 Å². The SMILES string of the molecule is FC(F)c1cscc1[B-](F)(F)F.[K+]. The molecule has 0 bridgehead atoms. The zero-order valence-corrected chi connectivity index (χ0v) is 10.5. The van der Waals surface area contributed by atoms with E-state index in [1.54, 1.807) is 0 Å². The number of hydrogen-bond acceptors (Lipinski definition) is 1. The van der Waals surface area contributed by atoms with Crippen molar-refractivity contribution in [1.29, 1.82) is 0 Å². The van der Waals surface area contributed by atoms with Crippen LogP contribution in [0.1, 0.15) is 12.0 Å². The summed E-state index contributed by atoms with van der Waals surface area (Å²) in [6.45, 7) is -5.30. The van der Waals surface area contributed by atoms with Gasteiger partial charge in [-0.2, -0.15) is 11.3 Å². The summed E-state index contributed by atoms with van der Waals surface area (Å²) in [7, 11) is 0. The smallest absolute Gasteiger partial charge is 0.445 e. The van der Waals surface area contributed by atoms with Crippen LogP contribution in [0.25, 0.3) is 0 Å². The third-order valence-corrected chi connectivity index (χ3v) is 2.09. The van der Waals surface area contributed by atoms with Crippen LogP contribution in [0.2, 0.25) is 0 Å². The molecule has 1 rings (SSSR count). The van der Waals surface area contributed by atoms with Gasteiger partial charge in [-0.25, -0.2) is 8.78 Å². The van der Waals surface area contributed by atoms with Crippen LogP contribution in [0.4, 0.5) is 21.7 Å². The summed E-state index contributed by atoms with van der Waals surface area (Å²) in [5, 5.41) is 1.54. The van der Waals surface area contributed by atoms with E-state index in [0.29, 0.717) is 16.7 Å². The molecule has 13 heavy (non-hydrogen) atoms. The fourth-order valence-electron chi connectivity index (χ4n) is 0.760. The molecule has 0 radical (unpaired) electrons. The molecule has 68 valence electrons. The molecule has 1 aromatic heterocycles. The average Bonchev–Trinajstić information content (AvgIpc) is 2.30. The predicted octanol–water partition coefficient (Wildman–Crippen LogP) is -0.256. The summed E-state index contributed by atoms with van der Waals surface area (Å²) < 4.78 is 59.7. The minimum Gasteiger partial charge on any atom is -0.445 e. The van der Waals surface area contributed by atoms with Gasteiger partial charge in [0.15, 0.2) is 0 Å². The number of halogens is 5. The van der Waals surface area contributed by atoms with E-state index < -0.39 is 24.4 Å². The molecule has 0 aromatic carbocycles. The van der Waals surface area contributed by atoms with Gasteiger partial charge in [0.25, 0.3) is 6.43 Å². The molecule has 0 nitrogen and oxygen atoms in total. The Balaban J connectivity index is 0.00000144. The summed E-state index contributed by atoms with van der Waals surface area (Å²) in [6, 6.07) is 0. The van der Waals surface area contributed by atoms with Gasteiger partial charge in [-0.3, -0.25) is 0 Å². The Labute approximate surface area is 118 Å². The van der Waals surface area contributed by atoms with Gasteiger partial charge in [0.2, 0.25) is 0 Å². The van der Waals surface area contributed by atoms with E-state index in [9.17, 15) is 21.7 Å². The largest absolute Gasteiger partial charge is 1.00 e. The van der Waals surface area contributed by atoms with Crippen LogP contribution in [-0.4, -0.2) is 6.98 Å². The van der Waals surface area contributed by atoms with Gasteiger partial charge >= 0.3 is 58.4 Å². The molecule has 0 aliphatic rings. The van der Waals surface area contributed by atoms with Crippen molar-refractivity contribution in [3.05, 3.63) is 16.3 Å². The van der Waals surface area contributed by atoms with Crippen LogP contribution in [-0.2, 0) is 0 Å². The monoisotopic (exact) mass is 240 g/mol. The molecule has 0 N–H and O–H groups in total. The minimum atomic E-state index is -5.30. The number of alkyl halides is 2. The van der Waals surface area contributed by atoms with E-state index in [4.69, 9.17) is 0 Å². The quantitative estimate of drug-likeness (QED) is 0.493. The van der Waals surface area contributed by atoms with Gasteiger partial charge in [0.05, 0.1) is 0 Å². The molecule has 1 heterocycles. The predicted molar refractivity (Wildman–Crippen MR) is 38.0 cm³/mol. The first-order valence-electron chi connectivity index (χ1n) is 2.97. The fourth-order valence-corrected chi connectivity index (χ4v) is 1.65. The Kier molecular flexibility index (Phi) is 5.64. The van der Waals surface area contributed by atoms with E-state index in [2.05, 4.69) is 0 Å². The van der Waals surface area contributed by atoms with Gasteiger partial charge in [0, 0.05) is 5.56 Å². The zero-order valence-electron chi connectivity index (χ0n) is 6.61. The second kappa shape index (κ2) is 5.22. The molecule has 0 unspecified atom stereocenters. The fraction of sp³-hybridized carbons (Fsp3) is 0.200. The van der Waals surface area contributed by atoms with E-state index in [0.717, 1.165) is 5.38 Å². The molecule has 0 fully saturated rings. The summed E-state index contributed by atoms with van der Waals surface area (Å²) in [5.74, 6) is 0. The van der Waals surface area contributed by atoms with E-state index in [1.165, 1.54) is 0 Å². The molecular weight excluding hydrogens is 237 g/mol. The Hall–Kier alpha value is 1.05. The standard InChI is InChI=1S/C5H3BF5S.K/c7-5(8)3-1-12-2-4(3)6(9,10)11;/h1-2,5H;/q-1;+1. The van der Waals surface area contributed by atoms with E-state index in [-0.39, 0.29) is 51.4 Å². The molecule has 0 saturated carbocycles. The molecule has 0 aliphatic heterocycles. The van der Waals surface area contributed by atoms with Crippen molar-refractivity contribution < 1.29 is 73.1 Å². The van der Waals surface area contributed by atoms with E-state index in [1.807, 2.05) is 0 Å². The first kappa shape index (κ1) is 14.1. The first-order chi connectivity index (χ1) is 5.43. The van der Waals surface area contributed by atoms with Crippen LogP contribution in [0.3, 0.4) is 0 Å². The summed E-state index contributed by atoms with van der Waals surface area (Å²) in [5.41, 5.74) is -2.08. The second-order valence-electron chi connectivity index (χ2n) is 2.16. The van der Waals surface area contributed by atoms with Gasteiger partial charge in [0.1, 0.15) is 0 Å². The van der Waals surface area contributed by atoms with Crippen LogP contribution in [0.5, 0.6) is 0 Å². The summed E-state index contributed by atoms with van der Waals surface area (Å²) in [4.78, 5) is 0. The molecule has 1 aromatic rings. The topological polar surface area (TPSA) is 0 Å². The minimum absolute atomic E-state index is 0. The summed E-state index contributed by atoms with van der Waals surface area (Å²) in [6.07, 6.45) is -3.05. The number of thiophene rings is 1. The van der Waals surface area contributed by atoms with Crippen LogP contribution in [0.15, 0.2) is 10.8 Å². The van der Waals surface area contributed by atoms with Gasteiger partial charge in [-0.1, -0.05) is 5.46 Å². The Morgan fingerprint density at radius 2 is 1.69 bits per heavy atom. The third kappa shape index (κ3) is 3.60. The zero-order chi connectivity index (χ0) is 9.35. The molecule has 0 spiro atoms. The van der Waals surface area contributed by atoms with Crippen molar-refractivity contribution in [2.45, 2.75) is 6.43 Å². The Morgan fingerprint density at radius 1 is 1.15 bits per heavy atom. The maximum atomic E-state index is 12.0. The number of rotatable bonds is 2. The first-order valence-corrected chi connectivity index (χ1v) is 3.91. The van der Waals surface area contributed by atoms with Crippen LogP contribution in [0, 0.1) is 0 Å². The number of hydrogen-bond donors (Lipinski definition) is 0. The average molecular weight is 240 g/mol. The molecular formula is C5H3BF5KS. The maximum Gasteiger partial charge on any atom is 1.00 e. The molecule has 8 heteroatoms. The van der Waals surface area contributed by atoms with Gasteiger partial charge < -0.3 is 12.9 Å². The van der Waals surface area contributed by atoms with Crippen molar-refractivity contribution >= 4 is 23.8 Å². The Bertz CT molecular complexity index is 270. The van der Waals surface area contributed by atoms with Crippen molar-refractivity contribution in [1.82, 2.24) is 0 Å². The maximum absolute atomic E-state index is 12.0. The third-order valence-electron chi connectivity index (χ3n) is 1.31. The molecule has 0 aliphatic carbocycles. The molecule has 0 atom stereocenters. The normalized spacial score (nSPS) is 11.5. The summed E-state index contributed by atoms with van der Waals surface area (Å²) >= 11 is 0.637. The molecule has 0 saturated heterocycles. The van der Waals surface area contributed by atoms with Gasteiger partial charge in [-0.15, -0.1) is 0 Å². The van der Waals surface area contributed by atoms with E-state index >= 15 is 0 Å². The second-order valence-corrected chi connectivity index (χ2v) is 2.90. The van der Waals surface area contributed by atoms with Crippen molar-refractivity contribution in [3.63, 3.8) is 0 Å². The van der Waals surface area contributed by atoms with Crippen molar-refractivity contribution in [3.8, 4) is 0 Å². The van der Waals surface area contributed by atoms with Crippen molar-refractivity contribution in [2.75, 3.05) is 0 Å².